The molecule has 17 heavy (non-hydrogen) atoms. The molecule has 0 aromatic heterocycles. The molecule has 0 amide bonds. The van der Waals surface area contributed by atoms with Crippen molar-refractivity contribution in [1.29, 1.82) is 0 Å². The molecule has 0 radical (unpaired) electrons. The van der Waals surface area contributed by atoms with Crippen molar-refractivity contribution < 1.29 is 9.53 Å². The Labute approximate surface area is 106 Å². The van der Waals surface area contributed by atoms with Gasteiger partial charge in [-0.25, -0.2) is 0 Å². The van der Waals surface area contributed by atoms with E-state index < -0.39 is 0 Å². The van der Waals surface area contributed by atoms with Crippen LogP contribution in [0.4, 0.5) is 0 Å². The van der Waals surface area contributed by atoms with E-state index in [2.05, 4.69) is 34.3 Å². The molecule has 0 aromatic carbocycles. The third kappa shape index (κ3) is 5.71. The maximum absolute atomic E-state index is 11.1. The summed E-state index contributed by atoms with van der Waals surface area (Å²) in [5, 5.41) is 0. The summed E-state index contributed by atoms with van der Waals surface area (Å²) in [6, 6.07) is 0. The van der Waals surface area contributed by atoms with Crippen molar-refractivity contribution in [3.63, 3.8) is 0 Å². The van der Waals surface area contributed by atoms with Crippen molar-refractivity contribution in [3.8, 4) is 0 Å². The standard InChI is InChI=1S/C15H26O2/c1-7-9-11-15(5,6)12(3)14(10-8-2)17-13(4)16/h8H,2,7,9-11H2,1,3-6H3/b14-12-. The Morgan fingerprint density at radius 2 is 1.94 bits per heavy atom. The molecule has 0 heterocycles. The van der Waals surface area contributed by atoms with E-state index in [0.717, 1.165) is 17.8 Å². The van der Waals surface area contributed by atoms with Crippen molar-refractivity contribution in [3.05, 3.63) is 24.0 Å². The van der Waals surface area contributed by atoms with E-state index in [0.29, 0.717) is 6.42 Å². The number of carbonyl (C=O) groups excluding carboxylic acids is 1. The lowest BCUT2D eigenvalue weighted by Crippen LogP contribution is -2.16. The quantitative estimate of drug-likeness (QED) is 0.367. The van der Waals surface area contributed by atoms with Gasteiger partial charge in [-0.2, -0.15) is 0 Å². The molecular weight excluding hydrogens is 212 g/mol. The van der Waals surface area contributed by atoms with Crippen LogP contribution < -0.4 is 0 Å². The molecule has 0 bridgehead atoms. The van der Waals surface area contributed by atoms with E-state index in [1.165, 1.54) is 19.8 Å². The molecule has 98 valence electrons. The molecular formula is C15H26O2. The third-order valence-corrected chi connectivity index (χ3v) is 3.19. The number of hydrogen-bond donors (Lipinski definition) is 0. The van der Waals surface area contributed by atoms with Gasteiger partial charge in [0, 0.05) is 13.3 Å². The highest BCUT2D eigenvalue weighted by atomic mass is 16.5. The number of allylic oxidation sites excluding steroid dienone is 2. The molecule has 2 heteroatoms. The first-order valence-corrected chi connectivity index (χ1v) is 6.34. The van der Waals surface area contributed by atoms with Gasteiger partial charge in [-0.15, -0.1) is 6.58 Å². The van der Waals surface area contributed by atoms with Crippen molar-refractivity contribution in [1.82, 2.24) is 0 Å². The number of unbranched alkanes of at least 4 members (excludes halogenated alkanes) is 1. The average molecular weight is 238 g/mol. The fourth-order valence-corrected chi connectivity index (χ4v) is 1.76. The van der Waals surface area contributed by atoms with E-state index >= 15 is 0 Å². The summed E-state index contributed by atoms with van der Waals surface area (Å²) in [5.74, 6) is 0.501. The van der Waals surface area contributed by atoms with E-state index in [1.54, 1.807) is 6.08 Å². The van der Waals surface area contributed by atoms with Gasteiger partial charge in [0.1, 0.15) is 5.76 Å². The van der Waals surface area contributed by atoms with Gasteiger partial charge in [0.2, 0.25) is 0 Å². The van der Waals surface area contributed by atoms with Gasteiger partial charge < -0.3 is 4.74 Å². The molecule has 0 N–H and O–H groups in total. The summed E-state index contributed by atoms with van der Waals surface area (Å²) in [6.07, 6.45) is 5.86. The zero-order valence-corrected chi connectivity index (χ0v) is 11.9. The largest absolute Gasteiger partial charge is 0.431 e. The number of rotatable bonds is 7. The Morgan fingerprint density at radius 1 is 1.35 bits per heavy atom. The second-order valence-electron chi connectivity index (χ2n) is 5.12. The Balaban J connectivity index is 5.00. The summed E-state index contributed by atoms with van der Waals surface area (Å²) in [7, 11) is 0. The maximum Gasteiger partial charge on any atom is 0.307 e. The number of hydrogen-bond acceptors (Lipinski definition) is 2. The highest BCUT2D eigenvalue weighted by Gasteiger charge is 2.23. The highest BCUT2D eigenvalue weighted by molar-refractivity contribution is 5.67. The van der Waals surface area contributed by atoms with Crippen LogP contribution in [0.2, 0.25) is 0 Å². The lowest BCUT2D eigenvalue weighted by Gasteiger charge is -2.27. The molecule has 0 aromatic rings. The van der Waals surface area contributed by atoms with Gasteiger partial charge in [0.15, 0.2) is 0 Å². The molecule has 0 unspecified atom stereocenters. The number of esters is 1. The van der Waals surface area contributed by atoms with Crippen LogP contribution >= 0.6 is 0 Å². The summed E-state index contributed by atoms with van der Waals surface area (Å²) in [5.41, 5.74) is 1.23. The second kappa shape index (κ2) is 7.31. The Hall–Kier alpha value is -1.05. The van der Waals surface area contributed by atoms with E-state index in [9.17, 15) is 4.79 Å². The number of carbonyl (C=O) groups is 1. The molecule has 0 aliphatic heterocycles. The molecule has 0 aliphatic rings. The minimum Gasteiger partial charge on any atom is -0.431 e. The lowest BCUT2D eigenvalue weighted by molar-refractivity contribution is -0.137. The molecule has 2 nitrogen and oxygen atoms in total. The first kappa shape index (κ1) is 16.0. The summed E-state index contributed by atoms with van der Waals surface area (Å²) < 4.78 is 5.29. The van der Waals surface area contributed by atoms with Crippen molar-refractivity contribution in [2.75, 3.05) is 0 Å². The van der Waals surface area contributed by atoms with E-state index in [1.807, 2.05) is 0 Å². The zero-order valence-electron chi connectivity index (χ0n) is 11.9. The molecule has 0 rings (SSSR count). The minimum absolute atomic E-state index is 0.0732. The molecule has 0 aliphatic carbocycles. The Morgan fingerprint density at radius 3 is 2.35 bits per heavy atom. The lowest BCUT2D eigenvalue weighted by atomic mass is 9.79. The fourth-order valence-electron chi connectivity index (χ4n) is 1.76. The van der Waals surface area contributed by atoms with Gasteiger partial charge >= 0.3 is 5.97 Å². The Bertz CT molecular complexity index is 298. The predicted octanol–water partition coefficient (Wildman–Crippen LogP) is 4.62. The molecule has 0 saturated carbocycles. The predicted molar refractivity (Wildman–Crippen MR) is 72.6 cm³/mol. The van der Waals surface area contributed by atoms with Crippen LogP contribution in [0.15, 0.2) is 24.0 Å². The normalized spacial score (nSPS) is 13.0. The zero-order chi connectivity index (χ0) is 13.5. The summed E-state index contributed by atoms with van der Waals surface area (Å²) in [6.45, 7) is 13.8. The Kier molecular flexibility index (Phi) is 6.86. The molecule has 0 atom stereocenters. The van der Waals surface area contributed by atoms with Gasteiger partial charge in [-0.1, -0.05) is 39.7 Å². The molecule has 0 saturated heterocycles. The topological polar surface area (TPSA) is 26.3 Å². The van der Waals surface area contributed by atoms with Gasteiger partial charge in [-0.3, -0.25) is 4.79 Å². The molecule has 0 spiro atoms. The monoisotopic (exact) mass is 238 g/mol. The molecule has 0 fully saturated rings. The van der Waals surface area contributed by atoms with Crippen LogP contribution in [0, 0.1) is 5.41 Å². The summed E-state index contributed by atoms with van der Waals surface area (Å²) >= 11 is 0. The van der Waals surface area contributed by atoms with Crippen LogP contribution in [0.25, 0.3) is 0 Å². The number of ether oxygens (including phenoxy) is 1. The van der Waals surface area contributed by atoms with Crippen LogP contribution in [0.1, 0.15) is 60.3 Å². The van der Waals surface area contributed by atoms with E-state index in [-0.39, 0.29) is 11.4 Å². The third-order valence-electron chi connectivity index (χ3n) is 3.19. The highest BCUT2D eigenvalue weighted by Crippen LogP contribution is 2.35. The smallest absolute Gasteiger partial charge is 0.307 e. The van der Waals surface area contributed by atoms with E-state index in [4.69, 9.17) is 4.74 Å². The average Bonchev–Trinajstić information content (AvgIpc) is 2.24. The van der Waals surface area contributed by atoms with Crippen LogP contribution in [-0.4, -0.2) is 5.97 Å². The van der Waals surface area contributed by atoms with Crippen molar-refractivity contribution in [2.45, 2.75) is 60.3 Å². The summed E-state index contributed by atoms with van der Waals surface area (Å²) in [4.78, 5) is 11.1. The first-order chi connectivity index (χ1) is 7.85. The van der Waals surface area contributed by atoms with Crippen molar-refractivity contribution >= 4 is 5.97 Å². The van der Waals surface area contributed by atoms with Gasteiger partial charge in [0.25, 0.3) is 0 Å². The minimum atomic E-state index is -0.257. The first-order valence-electron chi connectivity index (χ1n) is 6.34. The van der Waals surface area contributed by atoms with Crippen LogP contribution in [0.3, 0.4) is 0 Å². The fraction of sp³-hybridized carbons (Fsp3) is 0.667. The SMILES string of the molecule is C=CC/C(OC(C)=O)=C(\C)C(C)(C)CCCC. The van der Waals surface area contributed by atoms with Gasteiger partial charge in [-0.05, 0) is 24.3 Å². The van der Waals surface area contributed by atoms with Crippen molar-refractivity contribution in [2.24, 2.45) is 5.41 Å². The maximum atomic E-state index is 11.1. The van der Waals surface area contributed by atoms with Crippen LogP contribution in [0.5, 0.6) is 0 Å². The van der Waals surface area contributed by atoms with Gasteiger partial charge in [0.05, 0.1) is 0 Å². The second-order valence-corrected chi connectivity index (χ2v) is 5.12. The van der Waals surface area contributed by atoms with Crippen LogP contribution in [-0.2, 0) is 9.53 Å².